The Morgan fingerprint density at radius 1 is 1.40 bits per heavy atom. The number of likely N-dealkylation sites (tertiary alicyclic amines) is 1. The summed E-state index contributed by atoms with van der Waals surface area (Å²) < 4.78 is 5.17. The van der Waals surface area contributed by atoms with Gasteiger partial charge in [0.2, 0.25) is 0 Å². The van der Waals surface area contributed by atoms with Crippen LogP contribution in [-0.4, -0.2) is 49.0 Å². The van der Waals surface area contributed by atoms with Gasteiger partial charge in [-0.3, -0.25) is 0 Å². The number of aliphatic hydroxyl groups is 1. The summed E-state index contributed by atoms with van der Waals surface area (Å²) in [5.41, 5.74) is -0.520. The van der Waals surface area contributed by atoms with E-state index in [1.54, 1.807) is 7.11 Å². The largest absolute Gasteiger partial charge is 0.389 e. The van der Waals surface area contributed by atoms with Crippen molar-refractivity contribution in [1.82, 2.24) is 4.90 Å². The zero-order chi connectivity index (χ0) is 11.3. The predicted molar refractivity (Wildman–Crippen MR) is 62.0 cm³/mol. The maximum absolute atomic E-state index is 9.98. The number of β-amino-alcohol motifs (C(OH)–C–C–N with tert-alkyl or cyclic N) is 1. The van der Waals surface area contributed by atoms with E-state index in [1.807, 2.05) is 13.8 Å². The molecule has 1 saturated heterocycles. The Morgan fingerprint density at radius 2 is 2.00 bits per heavy atom. The highest BCUT2D eigenvalue weighted by atomic mass is 16.5. The van der Waals surface area contributed by atoms with Crippen LogP contribution in [-0.2, 0) is 4.74 Å². The molecule has 1 unspecified atom stereocenters. The summed E-state index contributed by atoms with van der Waals surface area (Å²) in [6.07, 6.45) is 3.23. The van der Waals surface area contributed by atoms with Crippen LogP contribution in [0.5, 0.6) is 0 Å². The van der Waals surface area contributed by atoms with E-state index in [4.69, 9.17) is 4.74 Å². The van der Waals surface area contributed by atoms with Crippen molar-refractivity contribution in [3.8, 4) is 0 Å². The molecule has 0 aromatic carbocycles. The Morgan fingerprint density at radius 3 is 2.47 bits per heavy atom. The SMILES string of the molecule is CCC(C)(O)CN1CCC(COC)CC1. The van der Waals surface area contributed by atoms with Crippen molar-refractivity contribution in [3.63, 3.8) is 0 Å². The molecule has 1 aliphatic rings. The summed E-state index contributed by atoms with van der Waals surface area (Å²) in [7, 11) is 1.77. The summed E-state index contributed by atoms with van der Waals surface area (Å²) in [4.78, 5) is 2.37. The van der Waals surface area contributed by atoms with Crippen LogP contribution in [0.15, 0.2) is 0 Å². The highest BCUT2D eigenvalue weighted by molar-refractivity contribution is 4.79. The maximum atomic E-state index is 9.98. The summed E-state index contributed by atoms with van der Waals surface area (Å²) in [6, 6.07) is 0. The molecule has 3 nitrogen and oxygen atoms in total. The lowest BCUT2D eigenvalue weighted by Gasteiger charge is -2.36. The van der Waals surface area contributed by atoms with Crippen molar-refractivity contribution in [3.05, 3.63) is 0 Å². The number of rotatable bonds is 5. The zero-order valence-corrected chi connectivity index (χ0v) is 10.3. The van der Waals surface area contributed by atoms with Gasteiger partial charge in [-0.1, -0.05) is 6.92 Å². The van der Waals surface area contributed by atoms with E-state index >= 15 is 0 Å². The minimum atomic E-state index is -0.520. The molecule has 0 aliphatic carbocycles. The Balaban J connectivity index is 2.25. The standard InChI is InChI=1S/C12H25NO2/c1-4-12(2,14)10-13-7-5-11(6-8-13)9-15-3/h11,14H,4-10H2,1-3H3. The number of hydrogen-bond acceptors (Lipinski definition) is 3. The lowest BCUT2D eigenvalue weighted by atomic mass is 9.95. The first-order valence-corrected chi connectivity index (χ1v) is 6.01. The van der Waals surface area contributed by atoms with E-state index < -0.39 is 5.60 Å². The molecule has 1 aliphatic heterocycles. The van der Waals surface area contributed by atoms with Crippen molar-refractivity contribution >= 4 is 0 Å². The number of hydrogen-bond donors (Lipinski definition) is 1. The lowest BCUT2D eigenvalue weighted by molar-refractivity contribution is 0.00163. The first-order chi connectivity index (χ1) is 7.07. The smallest absolute Gasteiger partial charge is 0.0743 e. The van der Waals surface area contributed by atoms with Crippen LogP contribution in [0.1, 0.15) is 33.1 Å². The van der Waals surface area contributed by atoms with Crippen molar-refractivity contribution in [1.29, 1.82) is 0 Å². The molecule has 0 radical (unpaired) electrons. The van der Waals surface area contributed by atoms with E-state index in [-0.39, 0.29) is 0 Å². The molecule has 3 heteroatoms. The average molecular weight is 215 g/mol. The van der Waals surface area contributed by atoms with Gasteiger partial charge in [0.25, 0.3) is 0 Å². The van der Waals surface area contributed by atoms with E-state index in [9.17, 15) is 5.11 Å². The van der Waals surface area contributed by atoms with E-state index in [1.165, 1.54) is 12.8 Å². The van der Waals surface area contributed by atoms with Crippen LogP contribution in [0.2, 0.25) is 0 Å². The van der Waals surface area contributed by atoms with Gasteiger partial charge in [-0.15, -0.1) is 0 Å². The van der Waals surface area contributed by atoms with Gasteiger partial charge in [-0.25, -0.2) is 0 Å². The summed E-state index contributed by atoms with van der Waals surface area (Å²) >= 11 is 0. The minimum Gasteiger partial charge on any atom is -0.389 e. The molecule has 1 atom stereocenters. The molecule has 90 valence electrons. The molecular formula is C12H25NO2. The highest BCUT2D eigenvalue weighted by Gasteiger charge is 2.25. The Bertz CT molecular complexity index is 174. The fraction of sp³-hybridized carbons (Fsp3) is 1.00. The monoisotopic (exact) mass is 215 g/mol. The Kier molecular flexibility index (Phi) is 5.03. The summed E-state index contributed by atoms with van der Waals surface area (Å²) in [6.45, 7) is 7.86. The second-order valence-corrected chi connectivity index (χ2v) is 5.03. The van der Waals surface area contributed by atoms with Crippen LogP contribution in [0, 0.1) is 5.92 Å². The molecular weight excluding hydrogens is 190 g/mol. The van der Waals surface area contributed by atoms with Gasteiger partial charge < -0.3 is 14.7 Å². The average Bonchev–Trinajstić information content (AvgIpc) is 2.21. The van der Waals surface area contributed by atoms with Crippen molar-refractivity contribution in [2.75, 3.05) is 33.4 Å². The normalized spacial score (nSPS) is 24.0. The first-order valence-electron chi connectivity index (χ1n) is 6.01. The van der Waals surface area contributed by atoms with Crippen molar-refractivity contribution in [2.45, 2.75) is 38.7 Å². The molecule has 15 heavy (non-hydrogen) atoms. The van der Waals surface area contributed by atoms with Gasteiger partial charge >= 0.3 is 0 Å². The second-order valence-electron chi connectivity index (χ2n) is 5.03. The highest BCUT2D eigenvalue weighted by Crippen LogP contribution is 2.20. The van der Waals surface area contributed by atoms with Gasteiger partial charge in [0.05, 0.1) is 5.60 Å². The lowest BCUT2D eigenvalue weighted by Crippen LogP contribution is -2.44. The molecule has 1 heterocycles. The first kappa shape index (κ1) is 12.9. The summed E-state index contributed by atoms with van der Waals surface area (Å²) in [5, 5.41) is 9.98. The second kappa shape index (κ2) is 5.83. The van der Waals surface area contributed by atoms with Crippen LogP contribution in [0.4, 0.5) is 0 Å². The van der Waals surface area contributed by atoms with Crippen molar-refractivity contribution in [2.24, 2.45) is 5.92 Å². The van der Waals surface area contributed by atoms with E-state index in [2.05, 4.69) is 4.90 Å². The number of nitrogens with zero attached hydrogens (tertiary/aromatic N) is 1. The molecule has 1 rings (SSSR count). The van der Waals surface area contributed by atoms with Gasteiger partial charge in [0, 0.05) is 20.3 Å². The van der Waals surface area contributed by atoms with Gasteiger partial charge in [0.1, 0.15) is 0 Å². The van der Waals surface area contributed by atoms with Gasteiger partial charge in [-0.05, 0) is 45.2 Å². The Hall–Kier alpha value is -0.120. The van der Waals surface area contributed by atoms with E-state index in [0.717, 1.165) is 38.6 Å². The minimum absolute atomic E-state index is 0.520. The molecule has 0 aromatic heterocycles. The number of ether oxygens (including phenoxy) is 1. The number of piperidine rings is 1. The van der Waals surface area contributed by atoms with Crippen LogP contribution < -0.4 is 0 Å². The molecule has 0 saturated carbocycles. The van der Waals surface area contributed by atoms with Crippen LogP contribution in [0.25, 0.3) is 0 Å². The third-order valence-corrected chi connectivity index (χ3v) is 3.44. The maximum Gasteiger partial charge on any atom is 0.0743 e. The molecule has 1 fully saturated rings. The zero-order valence-electron chi connectivity index (χ0n) is 10.3. The third kappa shape index (κ3) is 4.49. The topological polar surface area (TPSA) is 32.7 Å². The fourth-order valence-electron chi connectivity index (χ4n) is 2.14. The molecule has 0 bridgehead atoms. The van der Waals surface area contributed by atoms with Gasteiger partial charge in [0.15, 0.2) is 0 Å². The molecule has 0 aromatic rings. The van der Waals surface area contributed by atoms with Crippen LogP contribution >= 0.6 is 0 Å². The van der Waals surface area contributed by atoms with Gasteiger partial charge in [-0.2, -0.15) is 0 Å². The van der Waals surface area contributed by atoms with Crippen molar-refractivity contribution < 1.29 is 9.84 Å². The molecule has 0 spiro atoms. The van der Waals surface area contributed by atoms with Crippen LogP contribution in [0.3, 0.4) is 0 Å². The quantitative estimate of drug-likeness (QED) is 0.754. The molecule has 0 amide bonds. The van der Waals surface area contributed by atoms with E-state index in [0.29, 0.717) is 0 Å². The summed E-state index contributed by atoms with van der Waals surface area (Å²) in [5.74, 6) is 0.720. The fourth-order valence-corrected chi connectivity index (χ4v) is 2.14. The number of methoxy groups -OCH3 is 1. The third-order valence-electron chi connectivity index (χ3n) is 3.44. The predicted octanol–water partition coefficient (Wildman–Crippen LogP) is 1.51. The molecule has 1 N–H and O–H groups in total. The Labute approximate surface area is 93.4 Å².